The molecule has 0 aliphatic carbocycles. The van der Waals surface area contributed by atoms with E-state index in [-0.39, 0.29) is 12.5 Å². The van der Waals surface area contributed by atoms with Crippen LogP contribution in [0, 0.1) is 25.2 Å². The molecule has 0 aromatic heterocycles. The Morgan fingerprint density at radius 3 is 2.23 bits per heavy atom. The highest BCUT2D eigenvalue weighted by atomic mass is 16.5. The lowest BCUT2D eigenvalue weighted by molar-refractivity contribution is -0.118. The van der Waals surface area contributed by atoms with Gasteiger partial charge in [-0.25, -0.2) is 0 Å². The van der Waals surface area contributed by atoms with Crippen molar-refractivity contribution in [3.8, 4) is 17.6 Å². The molecule has 1 N–H and O–H groups in total. The number of anilines is 1. The van der Waals surface area contributed by atoms with E-state index in [1.165, 1.54) is 7.11 Å². The third-order valence-electron chi connectivity index (χ3n) is 4.68. The largest absolute Gasteiger partial charge is 0.493 e. The average molecular weight is 412 g/mol. The lowest BCUT2D eigenvalue weighted by atomic mass is 10.0. The Morgan fingerprint density at radius 1 is 0.968 bits per heavy atom. The van der Waals surface area contributed by atoms with Crippen molar-refractivity contribution in [3.63, 3.8) is 0 Å². The van der Waals surface area contributed by atoms with Crippen LogP contribution in [0.3, 0.4) is 0 Å². The van der Waals surface area contributed by atoms with E-state index in [4.69, 9.17) is 9.47 Å². The van der Waals surface area contributed by atoms with Crippen molar-refractivity contribution in [2.75, 3.05) is 19.0 Å². The van der Waals surface area contributed by atoms with Crippen LogP contribution in [0.4, 0.5) is 5.69 Å². The zero-order valence-corrected chi connectivity index (χ0v) is 17.8. The molecule has 3 aromatic carbocycles. The number of hydrogen-bond acceptors (Lipinski definition) is 4. The molecule has 31 heavy (non-hydrogen) atoms. The van der Waals surface area contributed by atoms with Crippen LogP contribution in [0.2, 0.25) is 0 Å². The van der Waals surface area contributed by atoms with Gasteiger partial charge in [-0.1, -0.05) is 53.6 Å². The number of amides is 1. The van der Waals surface area contributed by atoms with Crippen LogP contribution < -0.4 is 14.8 Å². The monoisotopic (exact) mass is 412 g/mol. The molecule has 3 rings (SSSR count). The number of nitrogens with zero attached hydrogens (tertiary/aromatic N) is 1. The first-order valence-corrected chi connectivity index (χ1v) is 9.84. The van der Waals surface area contributed by atoms with Crippen LogP contribution in [-0.4, -0.2) is 19.6 Å². The van der Waals surface area contributed by atoms with Crippen LogP contribution in [0.25, 0.3) is 11.6 Å². The fourth-order valence-corrected chi connectivity index (χ4v) is 2.95. The Morgan fingerprint density at radius 2 is 1.61 bits per heavy atom. The first kappa shape index (κ1) is 21.7. The summed E-state index contributed by atoms with van der Waals surface area (Å²) >= 11 is 0. The highest BCUT2D eigenvalue weighted by Crippen LogP contribution is 2.30. The molecule has 0 unspecified atom stereocenters. The number of carbonyl (C=O) groups excluding carboxylic acids is 1. The molecule has 0 saturated carbocycles. The summed E-state index contributed by atoms with van der Waals surface area (Å²) in [4.78, 5) is 12.2. The predicted octanol–water partition coefficient (Wildman–Crippen LogP) is 5.39. The van der Waals surface area contributed by atoms with Gasteiger partial charge in [0, 0.05) is 5.69 Å². The fraction of sp³-hybridized carbons (Fsp3) is 0.154. The normalized spacial score (nSPS) is 10.8. The Kier molecular flexibility index (Phi) is 7.08. The highest BCUT2D eigenvalue weighted by molar-refractivity contribution is 5.92. The maximum atomic E-state index is 12.2. The number of nitriles is 1. The first-order chi connectivity index (χ1) is 15.0. The van der Waals surface area contributed by atoms with Gasteiger partial charge < -0.3 is 14.8 Å². The summed E-state index contributed by atoms with van der Waals surface area (Å²) < 4.78 is 11.1. The van der Waals surface area contributed by atoms with Gasteiger partial charge in [0.05, 0.1) is 18.8 Å². The standard InChI is InChI=1S/C26H24N2O3/c1-18-4-9-21(10-5-18)22(16-27)14-20-8-13-24(25(15-20)30-3)31-17-26(29)28-23-11-6-19(2)7-12-23/h4-15H,17H2,1-3H3,(H,28,29)/b22-14-. The van der Waals surface area contributed by atoms with Gasteiger partial charge in [-0.15, -0.1) is 0 Å². The predicted molar refractivity (Wildman–Crippen MR) is 123 cm³/mol. The Bertz CT molecular complexity index is 1120. The molecule has 5 heteroatoms. The average Bonchev–Trinajstić information content (AvgIpc) is 2.78. The number of rotatable bonds is 7. The van der Waals surface area contributed by atoms with Gasteiger partial charge in [0.25, 0.3) is 5.91 Å². The lowest BCUT2D eigenvalue weighted by Gasteiger charge is -2.12. The molecule has 0 atom stereocenters. The molecule has 0 saturated heterocycles. The SMILES string of the molecule is COc1cc(/C=C(/C#N)c2ccc(C)cc2)ccc1OCC(=O)Nc1ccc(C)cc1. The fourth-order valence-electron chi connectivity index (χ4n) is 2.95. The Hall–Kier alpha value is -4.04. The van der Waals surface area contributed by atoms with E-state index in [9.17, 15) is 10.1 Å². The summed E-state index contributed by atoms with van der Waals surface area (Å²) in [7, 11) is 1.53. The molecule has 0 aliphatic rings. The van der Waals surface area contributed by atoms with Crippen LogP contribution in [0.1, 0.15) is 22.3 Å². The van der Waals surface area contributed by atoms with E-state index in [0.29, 0.717) is 22.8 Å². The second-order valence-electron chi connectivity index (χ2n) is 7.15. The molecule has 0 radical (unpaired) electrons. The van der Waals surface area contributed by atoms with Crippen LogP contribution in [-0.2, 0) is 4.79 Å². The quantitative estimate of drug-likeness (QED) is 0.417. The maximum absolute atomic E-state index is 12.2. The van der Waals surface area contributed by atoms with Crippen molar-refractivity contribution in [1.82, 2.24) is 0 Å². The summed E-state index contributed by atoms with van der Waals surface area (Å²) in [6.07, 6.45) is 1.79. The van der Waals surface area contributed by atoms with Crippen molar-refractivity contribution in [2.24, 2.45) is 0 Å². The molecular weight excluding hydrogens is 388 g/mol. The summed E-state index contributed by atoms with van der Waals surface area (Å²) in [6.45, 7) is 3.84. The minimum Gasteiger partial charge on any atom is -0.493 e. The van der Waals surface area contributed by atoms with E-state index < -0.39 is 0 Å². The number of ether oxygens (including phenoxy) is 2. The minimum atomic E-state index is -0.263. The van der Waals surface area contributed by atoms with Gasteiger partial charge in [-0.2, -0.15) is 5.26 Å². The van der Waals surface area contributed by atoms with E-state index in [2.05, 4.69) is 11.4 Å². The molecule has 1 amide bonds. The van der Waals surface area contributed by atoms with Gasteiger partial charge >= 0.3 is 0 Å². The highest BCUT2D eigenvalue weighted by Gasteiger charge is 2.10. The molecular formula is C26H24N2O3. The van der Waals surface area contributed by atoms with Crippen molar-refractivity contribution < 1.29 is 14.3 Å². The summed E-state index contributed by atoms with van der Waals surface area (Å²) in [5.74, 6) is 0.673. The maximum Gasteiger partial charge on any atom is 0.262 e. The molecule has 0 aliphatic heterocycles. The molecule has 0 bridgehead atoms. The van der Waals surface area contributed by atoms with E-state index >= 15 is 0 Å². The molecule has 0 fully saturated rings. The van der Waals surface area contributed by atoms with Gasteiger partial charge in [-0.05, 0) is 55.3 Å². The molecule has 0 spiro atoms. The molecule has 0 heterocycles. The Balaban J connectivity index is 1.70. The van der Waals surface area contributed by atoms with Gasteiger partial charge in [0.15, 0.2) is 18.1 Å². The lowest BCUT2D eigenvalue weighted by Crippen LogP contribution is -2.20. The van der Waals surface area contributed by atoms with Crippen molar-refractivity contribution in [1.29, 1.82) is 5.26 Å². The van der Waals surface area contributed by atoms with Crippen molar-refractivity contribution >= 4 is 23.2 Å². The van der Waals surface area contributed by atoms with Crippen LogP contribution in [0.15, 0.2) is 66.7 Å². The molecule has 5 nitrogen and oxygen atoms in total. The van der Waals surface area contributed by atoms with Gasteiger partial charge in [0.1, 0.15) is 0 Å². The van der Waals surface area contributed by atoms with Crippen molar-refractivity contribution in [3.05, 3.63) is 89.0 Å². The van der Waals surface area contributed by atoms with Gasteiger partial charge in [-0.3, -0.25) is 4.79 Å². The van der Waals surface area contributed by atoms with Crippen LogP contribution in [0.5, 0.6) is 11.5 Å². The third-order valence-corrected chi connectivity index (χ3v) is 4.68. The molecule has 156 valence electrons. The van der Waals surface area contributed by atoms with Crippen molar-refractivity contribution in [2.45, 2.75) is 13.8 Å². The number of hydrogen-bond donors (Lipinski definition) is 1. The van der Waals surface area contributed by atoms with Gasteiger partial charge in [0.2, 0.25) is 0 Å². The zero-order valence-electron chi connectivity index (χ0n) is 17.8. The summed E-state index contributed by atoms with van der Waals surface area (Å²) in [5, 5.41) is 12.3. The number of carbonyl (C=O) groups is 1. The number of aryl methyl sites for hydroxylation is 2. The smallest absolute Gasteiger partial charge is 0.262 e. The zero-order chi connectivity index (χ0) is 22.2. The van der Waals surface area contributed by atoms with E-state index in [1.54, 1.807) is 18.2 Å². The molecule has 3 aromatic rings. The Labute approximate surface area is 182 Å². The van der Waals surface area contributed by atoms with E-state index in [1.807, 2.05) is 68.4 Å². The topological polar surface area (TPSA) is 71.3 Å². The first-order valence-electron chi connectivity index (χ1n) is 9.84. The van der Waals surface area contributed by atoms with Crippen LogP contribution >= 0.6 is 0 Å². The number of methoxy groups -OCH3 is 1. The summed E-state index contributed by atoms with van der Waals surface area (Å²) in [5.41, 5.74) is 5.16. The third kappa shape index (κ3) is 5.97. The minimum absolute atomic E-state index is 0.147. The van der Waals surface area contributed by atoms with E-state index in [0.717, 1.165) is 22.3 Å². The number of nitrogens with one attached hydrogen (secondary N) is 1. The number of allylic oxidation sites excluding steroid dienone is 1. The second kappa shape index (κ2) is 10.1. The number of benzene rings is 3. The second-order valence-corrected chi connectivity index (χ2v) is 7.15. The summed E-state index contributed by atoms with van der Waals surface area (Å²) in [6, 6.07) is 22.9.